The van der Waals surface area contributed by atoms with E-state index < -0.39 is 0 Å². The van der Waals surface area contributed by atoms with Gasteiger partial charge < -0.3 is 4.90 Å². The highest BCUT2D eigenvalue weighted by Crippen LogP contribution is 2.17. The van der Waals surface area contributed by atoms with Gasteiger partial charge in [-0.1, -0.05) is 43.2 Å². The Hall–Kier alpha value is -1.35. The topological polar surface area (TPSA) is 23.6 Å². The van der Waals surface area contributed by atoms with Gasteiger partial charge >= 0.3 is 0 Å². The fourth-order valence-electron chi connectivity index (χ4n) is 3.14. The molecule has 1 saturated heterocycles. The standard InChI is InChI=1S/C19H30N2O/c1-4-12-21(14-18-10-8-16(2)9-11-18)19(22)15-20-13-6-5-7-17(20)3/h8-11,17H,4-7,12-15H2,1-3H3. The van der Waals surface area contributed by atoms with Gasteiger partial charge in [0.2, 0.25) is 5.91 Å². The monoisotopic (exact) mass is 302 g/mol. The number of amides is 1. The Morgan fingerprint density at radius 3 is 2.64 bits per heavy atom. The minimum absolute atomic E-state index is 0.274. The molecule has 1 aliphatic rings. The first kappa shape index (κ1) is 17.0. The molecule has 22 heavy (non-hydrogen) atoms. The SMILES string of the molecule is CCCN(Cc1ccc(C)cc1)C(=O)CN1CCCCC1C. The summed E-state index contributed by atoms with van der Waals surface area (Å²) in [4.78, 5) is 17.1. The molecule has 0 N–H and O–H groups in total. The lowest BCUT2D eigenvalue weighted by atomic mass is 10.0. The van der Waals surface area contributed by atoms with Crippen LogP contribution < -0.4 is 0 Å². The molecule has 0 bridgehead atoms. The molecule has 0 aromatic heterocycles. The summed E-state index contributed by atoms with van der Waals surface area (Å²) < 4.78 is 0. The van der Waals surface area contributed by atoms with Crippen molar-refractivity contribution in [3.63, 3.8) is 0 Å². The number of hydrogen-bond acceptors (Lipinski definition) is 2. The average molecular weight is 302 g/mol. The summed E-state index contributed by atoms with van der Waals surface area (Å²) in [6.07, 6.45) is 4.75. The second kappa shape index (κ2) is 8.33. The van der Waals surface area contributed by atoms with E-state index in [1.165, 1.54) is 30.4 Å². The molecule has 0 spiro atoms. The number of piperidine rings is 1. The van der Waals surface area contributed by atoms with Crippen molar-refractivity contribution in [1.82, 2.24) is 9.80 Å². The molecule has 1 aromatic carbocycles. The van der Waals surface area contributed by atoms with E-state index in [2.05, 4.69) is 49.9 Å². The van der Waals surface area contributed by atoms with Gasteiger partial charge in [-0.2, -0.15) is 0 Å². The Labute approximate surface area is 135 Å². The van der Waals surface area contributed by atoms with Crippen LogP contribution in [0.1, 0.15) is 50.7 Å². The molecule has 1 atom stereocenters. The van der Waals surface area contributed by atoms with Crippen molar-refractivity contribution >= 4 is 5.91 Å². The summed E-state index contributed by atoms with van der Waals surface area (Å²) >= 11 is 0. The highest BCUT2D eigenvalue weighted by Gasteiger charge is 2.23. The van der Waals surface area contributed by atoms with Gasteiger partial charge in [0.15, 0.2) is 0 Å². The van der Waals surface area contributed by atoms with E-state index in [9.17, 15) is 4.79 Å². The normalized spacial score (nSPS) is 19.1. The van der Waals surface area contributed by atoms with Crippen molar-refractivity contribution < 1.29 is 4.79 Å². The minimum Gasteiger partial charge on any atom is -0.337 e. The Balaban J connectivity index is 1.96. The van der Waals surface area contributed by atoms with Gasteiger partial charge in [-0.25, -0.2) is 0 Å². The van der Waals surface area contributed by atoms with E-state index in [0.717, 1.165) is 26.1 Å². The fourth-order valence-corrected chi connectivity index (χ4v) is 3.14. The molecular formula is C19H30N2O. The van der Waals surface area contributed by atoms with E-state index in [0.29, 0.717) is 12.6 Å². The Bertz CT molecular complexity index is 469. The van der Waals surface area contributed by atoms with Crippen molar-refractivity contribution in [3.8, 4) is 0 Å². The van der Waals surface area contributed by atoms with Gasteiger partial charge in [-0.3, -0.25) is 9.69 Å². The molecule has 3 nitrogen and oxygen atoms in total. The smallest absolute Gasteiger partial charge is 0.237 e. The molecule has 122 valence electrons. The first-order valence-corrected chi connectivity index (χ1v) is 8.67. The van der Waals surface area contributed by atoms with Crippen LogP contribution in [-0.2, 0) is 11.3 Å². The highest BCUT2D eigenvalue weighted by atomic mass is 16.2. The molecule has 1 unspecified atom stereocenters. The van der Waals surface area contributed by atoms with Crippen LogP contribution in [0.3, 0.4) is 0 Å². The molecule has 1 amide bonds. The van der Waals surface area contributed by atoms with Gasteiger partial charge in [0, 0.05) is 19.1 Å². The maximum Gasteiger partial charge on any atom is 0.237 e. The molecule has 0 saturated carbocycles. The van der Waals surface area contributed by atoms with Gasteiger partial charge in [0.05, 0.1) is 6.54 Å². The van der Waals surface area contributed by atoms with Crippen LogP contribution in [0.4, 0.5) is 0 Å². The van der Waals surface area contributed by atoms with Crippen molar-refractivity contribution in [2.24, 2.45) is 0 Å². The number of carbonyl (C=O) groups excluding carboxylic acids is 1. The molecule has 1 aromatic rings. The van der Waals surface area contributed by atoms with Gasteiger partial charge in [-0.05, 0) is 45.2 Å². The third kappa shape index (κ3) is 4.84. The first-order chi connectivity index (χ1) is 10.6. The summed E-state index contributed by atoms with van der Waals surface area (Å²) in [5.74, 6) is 0.274. The van der Waals surface area contributed by atoms with E-state index in [1.807, 2.05) is 4.90 Å². The molecular weight excluding hydrogens is 272 g/mol. The number of hydrogen-bond donors (Lipinski definition) is 0. The summed E-state index contributed by atoms with van der Waals surface area (Å²) in [5, 5.41) is 0. The van der Waals surface area contributed by atoms with Crippen molar-refractivity contribution in [2.45, 2.75) is 59.0 Å². The summed E-state index contributed by atoms with van der Waals surface area (Å²) in [6.45, 7) is 9.69. The number of nitrogens with zero attached hydrogens (tertiary/aromatic N) is 2. The number of aryl methyl sites for hydroxylation is 1. The van der Waals surface area contributed by atoms with Crippen LogP contribution in [0, 0.1) is 6.92 Å². The van der Waals surface area contributed by atoms with E-state index >= 15 is 0 Å². The molecule has 3 heteroatoms. The summed E-state index contributed by atoms with van der Waals surface area (Å²) in [7, 11) is 0. The van der Waals surface area contributed by atoms with Gasteiger partial charge in [0.25, 0.3) is 0 Å². The minimum atomic E-state index is 0.274. The maximum atomic E-state index is 12.7. The lowest BCUT2D eigenvalue weighted by Crippen LogP contribution is -2.45. The summed E-state index contributed by atoms with van der Waals surface area (Å²) in [5.41, 5.74) is 2.48. The van der Waals surface area contributed by atoms with E-state index in [-0.39, 0.29) is 5.91 Å². The second-order valence-corrected chi connectivity index (χ2v) is 6.62. The fraction of sp³-hybridized carbons (Fsp3) is 0.632. The average Bonchev–Trinajstić information content (AvgIpc) is 2.51. The molecule has 0 aliphatic carbocycles. The van der Waals surface area contributed by atoms with Crippen LogP contribution in [0.5, 0.6) is 0 Å². The molecule has 1 aliphatic heterocycles. The third-order valence-electron chi connectivity index (χ3n) is 4.62. The molecule has 0 radical (unpaired) electrons. The number of benzene rings is 1. The lowest BCUT2D eigenvalue weighted by Gasteiger charge is -2.34. The maximum absolute atomic E-state index is 12.7. The van der Waals surface area contributed by atoms with E-state index in [1.54, 1.807) is 0 Å². The van der Waals surface area contributed by atoms with E-state index in [4.69, 9.17) is 0 Å². The zero-order chi connectivity index (χ0) is 15.9. The number of likely N-dealkylation sites (tertiary alicyclic amines) is 1. The largest absolute Gasteiger partial charge is 0.337 e. The summed E-state index contributed by atoms with van der Waals surface area (Å²) in [6, 6.07) is 9.05. The molecule has 1 heterocycles. The zero-order valence-electron chi connectivity index (χ0n) is 14.3. The Morgan fingerprint density at radius 2 is 2.00 bits per heavy atom. The lowest BCUT2D eigenvalue weighted by molar-refractivity contribution is -0.134. The Morgan fingerprint density at radius 1 is 1.27 bits per heavy atom. The van der Waals surface area contributed by atoms with Gasteiger partial charge in [-0.15, -0.1) is 0 Å². The Kier molecular flexibility index (Phi) is 6.44. The quantitative estimate of drug-likeness (QED) is 0.801. The van der Waals surface area contributed by atoms with Crippen LogP contribution >= 0.6 is 0 Å². The zero-order valence-corrected chi connectivity index (χ0v) is 14.3. The molecule has 2 rings (SSSR count). The first-order valence-electron chi connectivity index (χ1n) is 8.67. The van der Waals surface area contributed by atoms with Crippen LogP contribution in [0.2, 0.25) is 0 Å². The van der Waals surface area contributed by atoms with Crippen LogP contribution in [0.25, 0.3) is 0 Å². The van der Waals surface area contributed by atoms with Crippen molar-refractivity contribution in [1.29, 1.82) is 0 Å². The van der Waals surface area contributed by atoms with Crippen LogP contribution in [0.15, 0.2) is 24.3 Å². The third-order valence-corrected chi connectivity index (χ3v) is 4.62. The van der Waals surface area contributed by atoms with Crippen LogP contribution in [-0.4, -0.2) is 41.4 Å². The van der Waals surface area contributed by atoms with Crippen molar-refractivity contribution in [3.05, 3.63) is 35.4 Å². The predicted octanol–water partition coefficient (Wildman–Crippen LogP) is 3.61. The van der Waals surface area contributed by atoms with Crippen molar-refractivity contribution in [2.75, 3.05) is 19.6 Å². The number of carbonyl (C=O) groups is 1. The number of rotatable bonds is 6. The van der Waals surface area contributed by atoms with Gasteiger partial charge in [0.1, 0.15) is 0 Å². The second-order valence-electron chi connectivity index (χ2n) is 6.62. The molecule has 1 fully saturated rings. The highest BCUT2D eigenvalue weighted by molar-refractivity contribution is 5.78. The predicted molar refractivity (Wildman–Crippen MR) is 91.8 cm³/mol.